The highest BCUT2D eigenvalue weighted by Crippen LogP contribution is 2.12. The first kappa shape index (κ1) is 15.7. The minimum absolute atomic E-state index is 0.303. The average Bonchev–Trinajstić information content (AvgIpc) is 2.76. The molecule has 0 aliphatic rings. The molecule has 0 saturated carbocycles. The predicted octanol–water partition coefficient (Wildman–Crippen LogP) is 2.05. The Morgan fingerprint density at radius 1 is 1.23 bits per heavy atom. The molecule has 5 nitrogen and oxygen atoms in total. The summed E-state index contributed by atoms with van der Waals surface area (Å²) in [5.74, 6) is -1.16. The number of hydrogen-bond donors (Lipinski definition) is 1. The van der Waals surface area contributed by atoms with Gasteiger partial charge in [0.25, 0.3) is 11.7 Å². The van der Waals surface area contributed by atoms with Gasteiger partial charge in [0.2, 0.25) is 0 Å². The summed E-state index contributed by atoms with van der Waals surface area (Å²) in [7, 11) is 1.75. The van der Waals surface area contributed by atoms with Crippen molar-refractivity contribution in [3.8, 4) is 0 Å². The van der Waals surface area contributed by atoms with Crippen molar-refractivity contribution in [1.82, 2.24) is 15.1 Å². The SMILES string of the molecule is Cc1nn(C)c(C)c1C(=O)C(=O)NC/C=C\c1ccccc1. The fourth-order valence-electron chi connectivity index (χ4n) is 2.21. The summed E-state index contributed by atoms with van der Waals surface area (Å²) < 4.78 is 1.60. The highest BCUT2D eigenvalue weighted by molar-refractivity contribution is 6.43. The Hall–Kier alpha value is -2.69. The van der Waals surface area contributed by atoms with Crippen molar-refractivity contribution >= 4 is 17.8 Å². The Labute approximate surface area is 129 Å². The van der Waals surface area contributed by atoms with Gasteiger partial charge in [-0.2, -0.15) is 5.10 Å². The van der Waals surface area contributed by atoms with E-state index >= 15 is 0 Å². The lowest BCUT2D eigenvalue weighted by Crippen LogP contribution is -2.31. The van der Waals surface area contributed by atoms with Crippen LogP contribution < -0.4 is 5.32 Å². The van der Waals surface area contributed by atoms with E-state index in [9.17, 15) is 9.59 Å². The average molecular weight is 297 g/mol. The highest BCUT2D eigenvalue weighted by atomic mass is 16.2. The Morgan fingerprint density at radius 3 is 2.50 bits per heavy atom. The van der Waals surface area contributed by atoms with Crippen LogP contribution in [0.2, 0.25) is 0 Å². The van der Waals surface area contributed by atoms with Crippen molar-refractivity contribution in [3.05, 3.63) is 58.9 Å². The topological polar surface area (TPSA) is 64.0 Å². The van der Waals surface area contributed by atoms with Gasteiger partial charge in [-0.05, 0) is 19.4 Å². The molecule has 2 aromatic rings. The van der Waals surface area contributed by atoms with E-state index < -0.39 is 11.7 Å². The van der Waals surface area contributed by atoms with E-state index in [4.69, 9.17) is 0 Å². The molecule has 0 atom stereocenters. The number of ketones is 1. The van der Waals surface area contributed by atoms with Crippen LogP contribution in [0.25, 0.3) is 6.08 Å². The minimum atomic E-state index is -0.614. The third kappa shape index (κ3) is 3.49. The standard InChI is InChI=1S/C17H19N3O2/c1-12-15(13(2)20(3)19-12)16(21)17(22)18-11-7-10-14-8-5-4-6-9-14/h4-10H,11H2,1-3H3,(H,18,22)/b10-7-. The maximum Gasteiger partial charge on any atom is 0.292 e. The second-order valence-electron chi connectivity index (χ2n) is 5.02. The summed E-state index contributed by atoms with van der Waals surface area (Å²) in [6, 6.07) is 9.75. The van der Waals surface area contributed by atoms with Crippen LogP contribution in [0, 0.1) is 13.8 Å². The number of amides is 1. The number of benzene rings is 1. The summed E-state index contributed by atoms with van der Waals surface area (Å²) in [5.41, 5.74) is 2.69. The number of nitrogens with one attached hydrogen (secondary N) is 1. The molecule has 0 bridgehead atoms. The number of carbonyl (C=O) groups is 2. The molecule has 5 heteroatoms. The van der Waals surface area contributed by atoms with Crippen LogP contribution in [0.5, 0.6) is 0 Å². The van der Waals surface area contributed by atoms with Crippen LogP contribution in [-0.4, -0.2) is 28.0 Å². The van der Waals surface area contributed by atoms with Crippen molar-refractivity contribution in [2.75, 3.05) is 6.54 Å². The normalized spacial score (nSPS) is 10.9. The second-order valence-corrected chi connectivity index (χ2v) is 5.02. The maximum absolute atomic E-state index is 12.2. The van der Waals surface area contributed by atoms with Gasteiger partial charge in [0.05, 0.1) is 11.3 Å². The van der Waals surface area contributed by atoms with E-state index in [1.807, 2.05) is 42.5 Å². The van der Waals surface area contributed by atoms with Crippen molar-refractivity contribution in [2.24, 2.45) is 7.05 Å². The molecular formula is C17H19N3O2. The predicted molar refractivity (Wildman–Crippen MR) is 85.5 cm³/mol. The molecule has 1 heterocycles. The Bertz CT molecular complexity index is 715. The first-order chi connectivity index (χ1) is 10.5. The molecule has 22 heavy (non-hydrogen) atoms. The zero-order chi connectivity index (χ0) is 16.1. The molecule has 0 saturated heterocycles. The molecule has 114 valence electrons. The Balaban J connectivity index is 1.95. The van der Waals surface area contributed by atoms with Crippen LogP contribution in [0.1, 0.15) is 27.3 Å². The quantitative estimate of drug-likeness (QED) is 0.678. The van der Waals surface area contributed by atoms with Crippen LogP contribution in [0.4, 0.5) is 0 Å². The molecule has 1 N–H and O–H groups in total. The van der Waals surface area contributed by atoms with Gasteiger partial charge in [-0.15, -0.1) is 0 Å². The van der Waals surface area contributed by atoms with Gasteiger partial charge in [0.15, 0.2) is 0 Å². The molecule has 0 aliphatic carbocycles. The molecule has 0 unspecified atom stereocenters. The molecule has 2 rings (SSSR count). The minimum Gasteiger partial charge on any atom is -0.346 e. The molecule has 0 radical (unpaired) electrons. The molecular weight excluding hydrogens is 278 g/mol. The van der Waals surface area contributed by atoms with E-state index in [-0.39, 0.29) is 0 Å². The van der Waals surface area contributed by atoms with Crippen molar-refractivity contribution in [1.29, 1.82) is 0 Å². The zero-order valence-electron chi connectivity index (χ0n) is 13.0. The van der Waals surface area contributed by atoms with Gasteiger partial charge < -0.3 is 5.32 Å². The van der Waals surface area contributed by atoms with Gasteiger partial charge in [0.1, 0.15) is 0 Å². The largest absolute Gasteiger partial charge is 0.346 e. The van der Waals surface area contributed by atoms with E-state index in [2.05, 4.69) is 10.4 Å². The van der Waals surface area contributed by atoms with Crippen molar-refractivity contribution < 1.29 is 9.59 Å². The summed E-state index contributed by atoms with van der Waals surface area (Å²) >= 11 is 0. The number of aromatic nitrogens is 2. The third-order valence-corrected chi connectivity index (χ3v) is 3.43. The van der Waals surface area contributed by atoms with Gasteiger partial charge in [0, 0.05) is 19.3 Å². The summed E-state index contributed by atoms with van der Waals surface area (Å²) in [6.45, 7) is 3.80. The van der Waals surface area contributed by atoms with Crippen LogP contribution in [0.15, 0.2) is 36.4 Å². The number of aryl methyl sites for hydroxylation is 2. The van der Waals surface area contributed by atoms with E-state index in [1.54, 1.807) is 25.6 Å². The lowest BCUT2D eigenvalue weighted by atomic mass is 10.1. The molecule has 1 aromatic heterocycles. The molecule has 1 aromatic carbocycles. The first-order valence-corrected chi connectivity index (χ1v) is 7.05. The Morgan fingerprint density at radius 2 is 1.91 bits per heavy atom. The Kier molecular flexibility index (Phi) is 4.88. The van der Waals surface area contributed by atoms with Gasteiger partial charge in [-0.3, -0.25) is 14.3 Å². The van der Waals surface area contributed by atoms with Gasteiger partial charge in [-0.25, -0.2) is 0 Å². The fraction of sp³-hybridized carbons (Fsp3) is 0.235. The van der Waals surface area contributed by atoms with Gasteiger partial charge in [-0.1, -0.05) is 42.5 Å². The smallest absolute Gasteiger partial charge is 0.292 e. The van der Waals surface area contributed by atoms with Crippen molar-refractivity contribution in [3.63, 3.8) is 0 Å². The van der Waals surface area contributed by atoms with E-state index in [0.29, 0.717) is 23.5 Å². The monoisotopic (exact) mass is 297 g/mol. The second kappa shape index (κ2) is 6.85. The van der Waals surface area contributed by atoms with Crippen LogP contribution in [-0.2, 0) is 11.8 Å². The summed E-state index contributed by atoms with van der Waals surface area (Å²) in [6.07, 6.45) is 3.70. The lowest BCUT2D eigenvalue weighted by molar-refractivity contribution is -0.116. The number of rotatable bonds is 5. The highest BCUT2D eigenvalue weighted by Gasteiger charge is 2.23. The zero-order valence-corrected chi connectivity index (χ0v) is 13.0. The molecule has 0 aliphatic heterocycles. The van der Waals surface area contributed by atoms with Crippen molar-refractivity contribution in [2.45, 2.75) is 13.8 Å². The summed E-state index contributed by atoms with van der Waals surface area (Å²) in [4.78, 5) is 24.1. The number of hydrogen-bond acceptors (Lipinski definition) is 3. The number of carbonyl (C=O) groups excluding carboxylic acids is 2. The first-order valence-electron chi connectivity index (χ1n) is 7.05. The van der Waals surface area contributed by atoms with E-state index in [0.717, 1.165) is 5.56 Å². The van der Waals surface area contributed by atoms with Crippen LogP contribution in [0.3, 0.4) is 0 Å². The summed E-state index contributed by atoms with van der Waals surface area (Å²) in [5, 5.41) is 6.75. The molecule has 1 amide bonds. The van der Waals surface area contributed by atoms with E-state index in [1.165, 1.54) is 0 Å². The third-order valence-electron chi connectivity index (χ3n) is 3.43. The maximum atomic E-state index is 12.2. The van der Waals surface area contributed by atoms with Gasteiger partial charge >= 0.3 is 0 Å². The molecule has 0 fully saturated rings. The van der Waals surface area contributed by atoms with Crippen LogP contribution >= 0.6 is 0 Å². The lowest BCUT2D eigenvalue weighted by Gasteiger charge is -2.02. The fourth-order valence-corrected chi connectivity index (χ4v) is 2.21. The molecule has 0 spiro atoms. The number of nitrogens with zero attached hydrogens (tertiary/aromatic N) is 2. The number of Topliss-reactive ketones (excluding diaryl/α,β-unsaturated/α-hetero) is 1.